The zero-order valence-electron chi connectivity index (χ0n) is 18.3. The van der Waals surface area contributed by atoms with Gasteiger partial charge in [0, 0.05) is 37.1 Å². The van der Waals surface area contributed by atoms with Gasteiger partial charge in [0.05, 0.1) is 5.69 Å². The number of carbonyl (C=O) groups excluding carboxylic acids is 1. The van der Waals surface area contributed by atoms with E-state index in [2.05, 4.69) is 9.71 Å². The Morgan fingerprint density at radius 3 is 2.74 bits per heavy atom. The first-order chi connectivity index (χ1) is 16.5. The molecule has 1 N–H and O–H groups in total. The van der Waals surface area contributed by atoms with E-state index in [1.54, 1.807) is 40.6 Å². The van der Waals surface area contributed by atoms with Crippen LogP contribution in [0.2, 0.25) is 0 Å². The summed E-state index contributed by atoms with van der Waals surface area (Å²) in [5, 5.41) is 1.74. The number of rotatable bonds is 7. The second kappa shape index (κ2) is 9.57. The molecule has 34 heavy (non-hydrogen) atoms. The van der Waals surface area contributed by atoms with E-state index < -0.39 is 10.0 Å². The summed E-state index contributed by atoms with van der Waals surface area (Å²) < 4.78 is 35.8. The monoisotopic (exact) mass is 496 g/mol. The third kappa shape index (κ3) is 4.98. The molecule has 10 heteroatoms. The molecule has 4 heterocycles. The van der Waals surface area contributed by atoms with Crippen LogP contribution in [0.15, 0.2) is 76.6 Å². The molecule has 0 radical (unpaired) electrons. The lowest BCUT2D eigenvalue weighted by molar-refractivity contribution is 0.0711. The highest BCUT2D eigenvalue weighted by Gasteiger charge is 2.27. The normalized spacial score (nSPS) is 15.0. The van der Waals surface area contributed by atoms with Gasteiger partial charge in [-0.2, -0.15) is 0 Å². The van der Waals surface area contributed by atoms with E-state index >= 15 is 0 Å². The first-order valence-electron chi connectivity index (χ1n) is 11.0. The van der Waals surface area contributed by atoms with E-state index in [4.69, 9.17) is 4.74 Å². The summed E-state index contributed by atoms with van der Waals surface area (Å²) >= 11 is 1.19. The van der Waals surface area contributed by atoms with E-state index in [0.717, 1.165) is 11.3 Å². The van der Waals surface area contributed by atoms with Crippen molar-refractivity contribution >= 4 is 32.9 Å². The molecule has 0 bridgehead atoms. The largest absolute Gasteiger partial charge is 0.487 e. The van der Waals surface area contributed by atoms with Gasteiger partial charge in [-0.15, -0.1) is 11.3 Å². The van der Waals surface area contributed by atoms with Crippen LogP contribution in [0.25, 0.3) is 5.65 Å². The van der Waals surface area contributed by atoms with Crippen molar-refractivity contribution < 1.29 is 17.9 Å². The van der Waals surface area contributed by atoms with Crippen molar-refractivity contribution in [2.45, 2.75) is 29.7 Å². The highest BCUT2D eigenvalue weighted by atomic mass is 32.2. The zero-order chi connectivity index (χ0) is 23.5. The fourth-order valence-electron chi connectivity index (χ4n) is 4.01. The minimum atomic E-state index is -3.51. The van der Waals surface area contributed by atoms with Gasteiger partial charge in [-0.05, 0) is 54.6 Å². The Bertz CT molecular complexity index is 1360. The number of hydrogen-bond donors (Lipinski definition) is 1. The third-order valence-electron chi connectivity index (χ3n) is 5.75. The summed E-state index contributed by atoms with van der Waals surface area (Å²) in [6, 6.07) is 16.1. The van der Waals surface area contributed by atoms with Crippen molar-refractivity contribution in [3.63, 3.8) is 0 Å². The number of fused-ring (bicyclic) bond motifs is 1. The number of amides is 1. The molecule has 1 amide bonds. The van der Waals surface area contributed by atoms with Crippen LogP contribution < -0.4 is 9.46 Å². The molecule has 0 unspecified atom stereocenters. The molecular formula is C24H24N4O4S2. The van der Waals surface area contributed by atoms with E-state index in [-0.39, 0.29) is 11.9 Å². The van der Waals surface area contributed by atoms with Crippen molar-refractivity contribution in [2.75, 3.05) is 13.1 Å². The standard InChI is InChI=1S/C24H24N4O4S2/c29-24(27-12-9-19(10-13-27)26-34(30,31)23-8-4-14-33-23)18-5-3-6-21(15-18)32-17-20-16-28-11-2-1-7-22(28)25-20/h1-8,11,14-16,19,26H,9-10,12-13,17H2. The van der Waals surface area contributed by atoms with Crippen molar-refractivity contribution in [1.82, 2.24) is 19.0 Å². The van der Waals surface area contributed by atoms with Gasteiger partial charge in [0.15, 0.2) is 0 Å². The Morgan fingerprint density at radius 2 is 1.97 bits per heavy atom. The molecule has 1 fully saturated rings. The maximum Gasteiger partial charge on any atom is 0.253 e. The summed E-state index contributed by atoms with van der Waals surface area (Å²) in [6.07, 6.45) is 4.99. The maximum atomic E-state index is 13.0. The molecule has 5 rings (SSSR count). The van der Waals surface area contributed by atoms with E-state index in [0.29, 0.717) is 48.1 Å². The van der Waals surface area contributed by atoms with Gasteiger partial charge in [-0.1, -0.05) is 18.2 Å². The number of piperidine rings is 1. The summed E-state index contributed by atoms with van der Waals surface area (Å²) in [5.41, 5.74) is 2.20. The molecule has 0 spiro atoms. The Hall–Kier alpha value is -3.21. The lowest BCUT2D eigenvalue weighted by Crippen LogP contribution is -2.46. The maximum absolute atomic E-state index is 13.0. The van der Waals surface area contributed by atoms with Crippen LogP contribution in [0.5, 0.6) is 5.75 Å². The average molecular weight is 497 g/mol. The molecule has 176 valence electrons. The summed E-state index contributed by atoms with van der Waals surface area (Å²) in [7, 11) is -3.51. The van der Waals surface area contributed by atoms with Crippen molar-refractivity contribution in [1.29, 1.82) is 0 Å². The lowest BCUT2D eigenvalue weighted by Gasteiger charge is -2.32. The third-order valence-corrected chi connectivity index (χ3v) is 8.66. The van der Waals surface area contributed by atoms with E-state index in [1.165, 1.54) is 11.3 Å². The quantitative estimate of drug-likeness (QED) is 0.422. The first kappa shape index (κ1) is 22.6. The molecule has 0 saturated carbocycles. The fourth-order valence-corrected chi connectivity index (χ4v) is 6.32. The molecule has 1 aliphatic rings. The van der Waals surface area contributed by atoms with Gasteiger partial charge in [0.2, 0.25) is 10.0 Å². The zero-order valence-corrected chi connectivity index (χ0v) is 20.0. The van der Waals surface area contributed by atoms with Crippen molar-refractivity contribution in [3.05, 3.63) is 83.6 Å². The molecule has 4 aromatic rings. The number of likely N-dealkylation sites (tertiary alicyclic amines) is 1. The molecule has 8 nitrogen and oxygen atoms in total. The number of imidazole rings is 1. The van der Waals surface area contributed by atoms with Crippen molar-refractivity contribution in [3.8, 4) is 5.75 Å². The van der Waals surface area contributed by atoms with Crippen LogP contribution in [-0.4, -0.2) is 47.7 Å². The number of pyridine rings is 1. The number of carbonyl (C=O) groups is 1. The number of thiophene rings is 1. The molecule has 1 aromatic carbocycles. The number of ether oxygens (including phenoxy) is 1. The molecule has 0 aliphatic carbocycles. The Balaban J connectivity index is 1.17. The summed E-state index contributed by atoms with van der Waals surface area (Å²) in [5.74, 6) is 0.513. The Morgan fingerprint density at radius 1 is 1.12 bits per heavy atom. The second-order valence-corrected chi connectivity index (χ2v) is 11.0. The molecule has 1 saturated heterocycles. The highest BCUT2D eigenvalue weighted by molar-refractivity contribution is 7.91. The van der Waals surface area contributed by atoms with Crippen molar-refractivity contribution in [2.24, 2.45) is 0 Å². The lowest BCUT2D eigenvalue weighted by atomic mass is 10.0. The number of sulfonamides is 1. The van der Waals surface area contributed by atoms with Crippen LogP contribution in [-0.2, 0) is 16.6 Å². The molecule has 3 aromatic heterocycles. The molecular weight excluding hydrogens is 472 g/mol. The minimum Gasteiger partial charge on any atom is -0.487 e. The van der Waals surface area contributed by atoms with Crippen LogP contribution in [0.4, 0.5) is 0 Å². The molecule has 0 atom stereocenters. The average Bonchev–Trinajstić information content (AvgIpc) is 3.53. The highest BCUT2D eigenvalue weighted by Crippen LogP contribution is 2.21. The van der Waals surface area contributed by atoms with E-state index in [1.807, 2.05) is 41.1 Å². The van der Waals surface area contributed by atoms with Crippen LogP contribution in [0, 0.1) is 0 Å². The summed E-state index contributed by atoms with van der Waals surface area (Å²) in [6.45, 7) is 1.28. The predicted molar refractivity (Wildman–Crippen MR) is 130 cm³/mol. The van der Waals surface area contributed by atoms with E-state index in [9.17, 15) is 13.2 Å². The van der Waals surface area contributed by atoms with Gasteiger partial charge < -0.3 is 14.0 Å². The Kier molecular flexibility index (Phi) is 6.36. The smallest absolute Gasteiger partial charge is 0.253 e. The van der Waals surface area contributed by atoms with Gasteiger partial charge in [-0.3, -0.25) is 4.79 Å². The van der Waals surface area contributed by atoms with Crippen LogP contribution >= 0.6 is 11.3 Å². The summed E-state index contributed by atoms with van der Waals surface area (Å²) in [4.78, 5) is 19.3. The van der Waals surface area contributed by atoms with Gasteiger partial charge in [0.25, 0.3) is 5.91 Å². The first-order valence-corrected chi connectivity index (χ1v) is 13.3. The number of benzene rings is 1. The number of nitrogens with one attached hydrogen (secondary N) is 1. The number of aromatic nitrogens is 2. The number of nitrogens with zero attached hydrogens (tertiary/aromatic N) is 3. The van der Waals surface area contributed by atoms with Gasteiger partial charge in [-0.25, -0.2) is 18.1 Å². The predicted octanol–water partition coefficient (Wildman–Crippen LogP) is 3.56. The minimum absolute atomic E-state index is 0.0854. The SMILES string of the molecule is O=C(c1cccc(OCc2cn3ccccc3n2)c1)N1CCC(NS(=O)(=O)c2cccs2)CC1. The topological polar surface area (TPSA) is 93.0 Å². The second-order valence-electron chi connectivity index (χ2n) is 8.13. The van der Waals surface area contributed by atoms with Crippen LogP contribution in [0.1, 0.15) is 28.9 Å². The molecule has 1 aliphatic heterocycles. The number of hydrogen-bond acceptors (Lipinski definition) is 6. The fraction of sp³-hybridized carbons (Fsp3) is 0.250. The Labute approximate surface area is 201 Å². The van der Waals surface area contributed by atoms with Crippen LogP contribution in [0.3, 0.4) is 0 Å². The van der Waals surface area contributed by atoms with Gasteiger partial charge in [0.1, 0.15) is 22.2 Å². The van der Waals surface area contributed by atoms with Gasteiger partial charge >= 0.3 is 0 Å².